The molecule has 0 aliphatic heterocycles. The summed E-state index contributed by atoms with van der Waals surface area (Å²) in [6, 6.07) is 5.22. The van der Waals surface area contributed by atoms with Gasteiger partial charge in [-0.05, 0) is 6.07 Å². The summed E-state index contributed by atoms with van der Waals surface area (Å²) in [5.74, 6) is -1.48. The van der Waals surface area contributed by atoms with Crippen LogP contribution < -0.4 is 4.74 Å². The van der Waals surface area contributed by atoms with E-state index >= 15 is 0 Å². The highest BCUT2D eigenvalue weighted by Crippen LogP contribution is 2.28. The minimum absolute atomic E-state index is 0.0322. The number of methoxy groups -OCH3 is 1. The second kappa shape index (κ2) is 4.45. The molecule has 92 valence electrons. The van der Waals surface area contributed by atoms with Crippen LogP contribution in [-0.2, 0) is 7.05 Å². The van der Waals surface area contributed by atoms with Gasteiger partial charge in [0.1, 0.15) is 11.9 Å². The highest BCUT2D eigenvalue weighted by Gasteiger charge is 2.15. The lowest BCUT2D eigenvalue weighted by Gasteiger charge is -2.07. The summed E-state index contributed by atoms with van der Waals surface area (Å²) < 4.78 is 33.4. The lowest BCUT2D eigenvalue weighted by Crippen LogP contribution is -1.98. The number of nitrogens with zero attached hydrogens (tertiary/aromatic N) is 3. The Morgan fingerprint density at radius 3 is 2.56 bits per heavy atom. The number of halogens is 2. The summed E-state index contributed by atoms with van der Waals surface area (Å²) in [4.78, 5) is 0. The van der Waals surface area contributed by atoms with Gasteiger partial charge in [0.2, 0.25) is 0 Å². The van der Waals surface area contributed by atoms with Crippen LogP contribution in [0.3, 0.4) is 0 Å². The highest BCUT2D eigenvalue weighted by atomic mass is 19.1. The monoisotopic (exact) mass is 249 g/mol. The van der Waals surface area contributed by atoms with Crippen molar-refractivity contribution in [2.75, 3.05) is 7.11 Å². The Morgan fingerprint density at radius 2 is 2.00 bits per heavy atom. The number of hydrogen-bond donors (Lipinski definition) is 0. The van der Waals surface area contributed by atoms with Crippen molar-refractivity contribution in [3.63, 3.8) is 0 Å². The van der Waals surface area contributed by atoms with Crippen LogP contribution in [0.15, 0.2) is 18.2 Å². The topological polar surface area (TPSA) is 50.8 Å². The van der Waals surface area contributed by atoms with Crippen LogP contribution in [0.4, 0.5) is 8.78 Å². The van der Waals surface area contributed by atoms with E-state index in [4.69, 9.17) is 5.26 Å². The third kappa shape index (κ3) is 1.91. The van der Waals surface area contributed by atoms with Crippen molar-refractivity contribution >= 4 is 0 Å². The van der Waals surface area contributed by atoms with Gasteiger partial charge in [-0.25, -0.2) is 8.78 Å². The Kier molecular flexibility index (Phi) is 2.98. The average Bonchev–Trinajstić information content (AvgIpc) is 2.73. The van der Waals surface area contributed by atoms with Crippen LogP contribution in [0.5, 0.6) is 5.75 Å². The molecule has 6 heteroatoms. The summed E-state index contributed by atoms with van der Waals surface area (Å²) in [6.45, 7) is 0. The molecular weight excluding hydrogens is 240 g/mol. The van der Waals surface area contributed by atoms with Crippen molar-refractivity contribution in [2.45, 2.75) is 0 Å². The zero-order valence-corrected chi connectivity index (χ0v) is 9.74. The van der Waals surface area contributed by atoms with Crippen molar-refractivity contribution in [2.24, 2.45) is 7.05 Å². The number of benzene rings is 1. The quantitative estimate of drug-likeness (QED) is 0.820. The molecule has 0 spiro atoms. The molecule has 0 unspecified atom stereocenters. The first-order valence-electron chi connectivity index (χ1n) is 5.04. The van der Waals surface area contributed by atoms with E-state index in [1.165, 1.54) is 17.9 Å². The number of rotatable bonds is 2. The van der Waals surface area contributed by atoms with Crippen LogP contribution >= 0.6 is 0 Å². The van der Waals surface area contributed by atoms with E-state index in [9.17, 15) is 8.78 Å². The van der Waals surface area contributed by atoms with E-state index in [0.717, 1.165) is 12.1 Å². The highest BCUT2D eigenvalue weighted by molar-refractivity contribution is 5.63. The third-order valence-electron chi connectivity index (χ3n) is 2.51. The molecule has 0 aliphatic rings. The van der Waals surface area contributed by atoms with E-state index in [-0.39, 0.29) is 17.0 Å². The number of ether oxygens (including phenoxy) is 1. The lowest BCUT2D eigenvalue weighted by molar-refractivity contribution is 0.383. The van der Waals surface area contributed by atoms with E-state index in [0.29, 0.717) is 5.69 Å². The van der Waals surface area contributed by atoms with E-state index in [1.807, 2.05) is 6.07 Å². The van der Waals surface area contributed by atoms with Gasteiger partial charge in [-0.2, -0.15) is 10.4 Å². The molecule has 0 radical (unpaired) electrons. The molecule has 0 aliphatic carbocycles. The fourth-order valence-corrected chi connectivity index (χ4v) is 1.66. The average molecular weight is 249 g/mol. The largest absolute Gasteiger partial charge is 0.494 e. The molecule has 0 saturated carbocycles. The molecule has 2 aromatic rings. The van der Waals surface area contributed by atoms with Gasteiger partial charge in [-0.15, -0.1) is 0 Å². The summed E-state index contributed by atoms with van der Waals surface area (Å²) in [5, 5.41) is 12.6. The minimum Gasteiger partial charge on any atom is -0.494 e. The van der Waals surface area contributed by atoms with Crippen LogP contribution in [0.25, 0.3) is 11.3 Å². The maximum Gasteiger partial charge on any atom is 0.165 e. The van der Waals surface area contributed by atoms with Crippen molar-refractivity contribution in [3.8, 4) is 23.1 Å². The van der Waals surface area contributed by atoms with E-state index in [2.05, 4.69) is 9.84 Å². The van der Waals surface area contributed by atoms with Crippen LogP contribution in [0, 0.1) is 23.0 Å². The molecule has 1 aromatic heterocycles. The molecule has 0 fully saturated rings. The summed E-state index contributed by atoms with van der Waals surface area (Å²) in [5.41, 5.74) is 0.499. The van der Waals surface area contributed by atoms with Gasteiger partial charge in [0.25, 0.3) is 0 Å². The number of hydrogen-bond acceptors (Lipinski definition) is 3. The maximum absolute atomic E-state index is 13.8. The number of nitriles is 1. The summed E-state index contributed by atoms with van der Waals surface area (Å²) in [7, 11) is 2.81. The molecule has 0 N–H and O–H groups in total. The molecule has 2 rings (SSSR count). The van der Waals surface area contributed by atoms with Gasteiger partial charge in [0.15, 0.2) is 17.3 Å². The second-order valence-electron chi connectivity index (χ2n) is 3.62. The second-order valence-corrected chi connectivity index (χ2v) is 3.62. The van der Waals surface area contributed by atoms with Gasteiger partial charge in [-0.3, -0.25) is 4.68 Å². The number of aryl methyl sites for hydroxylation is 1. The molecule has 0 atom stereocenters. The van der Waals surface area contributed by atoms with E-state index < -0.39 is 11.6 Å². The summed E-state index contributed by atoms with van der Waals surface area (Å²) in [6.07, 6.45) is 0. The molecule has 4 nitrogen and oxygen atoms in total. The molecule has 18 heavy (non-hydrogen) atoms. The van der Waals surface area contributed by atoms with Crippen molar-refractivity contribution in [3.05, 3.63) is 35.5 Å². The van der Waals surface area contributed by atoms with Crippen LogP contribution in [-0.4, -0.2) is 16.9 Å². The maximum atomic E-state index is 13.8. The summed E-state index contributed by atoms with van der Waals surface area (Å²) >= 11 is 0. The standard InChI is InChI=1S/C12H9F2N3O/c1-17-11(3-7(6-15)16-17)8-4-10(14)12(18-2)5-9(8)13/h3-5H,1-2H3. The zero-order chi connectivity index (χ0) is 13.3. The Labute approximate surface area is 102 Å². The Balaban J connectivity index is 2.61. The molecule has 0 saturated heterocycles. The predicted octanol–water partition coefficient (Wildman–Crippen LogP) is 2.25. The molecule has 1 aromatic carbocycles. The molecule has 1 heterocycles. The lowest BCUT2D eigenvalue weighted by atomic mass is 10.1. The first-order chi connectivity index (χ1) is 8.56. The van der Waals surface area contributed by atoms with Crippen LogP contribution in [0.2, 0.25) is 0 Å². The Morgan fingerprint density at radius 1 is 1.28 bits per heavy atom. The van der Waals surface area contributed by atoms with Crippen LogP contribution in [0.1, 0.15) is 5.69 Å². The zero-order valence-electron chi connectivity index (χ0n) is 9.74. The molecule has 0 amide bonds. The fourth-order valence-electron chi connectivity index (χ4n) is 1.66. The molecular formula is C12H9F2N3O. The fraction of sp³-hybridized carbons (Fsp3) is 0.167. The Bertz CT molecular complexity index is 644. The van der Waals surface area contributed by atoms with E-state index in [1.54, 1.807) is 7.05 Å². The minimum atomic E-state index is -0.673. The van der Waals surface area contributed by atoms with Crippen molar-refractivity contribution in [1.29, 1.82) is 5.26 Å². The normalized spacial score (nSPS) is 10.2. The number of aromatic nitrogens is 2. The SMILES string of the molecule is COc1cc(F)c(-c2cc(C#N)nn2C)cc1F. The smallest absolute Gasteiger partial charge is 0.165 e. The van der Waals surface area contributed by atoms with Crippen molar-refractivity contribution in [1.82, 2.24) is 9.78 Å². The van der Waals surface area contributed by atoms with Gasteiger partial charge in [-0.1, -0.05) is 0 Å². The van der Waals surface area contributed by atoms with Crippen molar-refractivity contribution < 1.29 is 13.5 Å². The van der Waals surface area contributed by atoms with Gasteiger partial charge < -0.3 is 4.74 Å². The van der Waals surface area contributed by atoms with Gasteiger partial charge in [0.05, 0.1) is 12.8 Å². The first-order valence-corrected chi connectivity index (χ1v) is 5.04. The molecule has 0 bridgehead atoms. The van der Waals surface area contributed by atoms with Gasteiger partial charge >= 0.3 is 0 Å². The predicted molar refractivity (Wildman–Crippen MR) is 59.8 cm³/mol. The first kappa shape index (κ1) is 12.0. The third-order valence-corrected chi connectivity index (χ3v) is 2.51. The Hall–Kier alpha value is -2.42. The van der Waals surface area contributed by atoms with Gasteiger partial charge in [0, 0.05) is 24.7 Å².